The Hall–Kier alpha value is -0.960. The van der Waals surface area contributed by atoms with Gasteiger partial charge in [-0.2, -0.15) is 0 Å². The third kappa shape index (κ3) is 2.78. The topological polar surface area (TPSA) is 54.4 Å². The molecule has 0 amide bonds. The van der Waals surface area contributed by atoms with Gasteiger partial charge in [-0.3, -0.25) is 9.59 Å². The molecule has 184 valence electrons. The number of carbonyl (C=O) groups excluding carboxylic acids is 2. The lowest BCUT2D eigenvalue weighted by Gasteiger charge is -2.72. The average molecular weight is 455 g/mol. The first-order chi connectivity index (χ1) is 15.4. The van der Waals surface area contributed by atoms with E-state index in [-0.39, 0.29) is 39.6 Å². The molecule has 0 aromatic carbocycles. The van der Waals surface area contributed by atoms with Gasteiger partial charge in [0.25, 0.3) is 0 Å². The number of hydrogen-bond donors (Lipinski definition) is 1. The third-order valence-electron chi connectivity index (χ3n) is 13.3. The van der Waals surface area contributed by atoms with Gasteiger partial charge in [0.15, 0.2) is 0 Å². The Morgan fingerprint density at radius 3 is 2.33 bits per heavy atom. The van der Waals surface area contributed by atoms with Crippen LogP contribution < -0.4 is 0 Å². The maximum atomic E-state index is 12.9. The van der Waals surface area contributed by atoms with Gasteiger partial charge in [-0.1, -0.05) is 41.2 Å². The van der Waals surface area contributed by atoms with Crippen molar-refractivity contribution in [1.29, 1.82) is 0 Å². The van der Waals surface area contributed by atoms with E-state index in [2.05, 4.69) is 41.2 Å². The minimum absolute atomic E-state index is 0.0235. The maximum absolute atomic E-state index is 12.9. The highest BCUT2D eigenvalue weighted by molar-refractivity contribution is 5.85. The van der Waals surface area contributed by atoms with E-state index in [9.17, 15) is 14.7 Å². The molecule has 0 aliphatic heterocycles. The molecule has 0 radical (unpaired) electrons. The van der Waals surface area contributed by atoms with Gasteiger partial charge in [0.1, 0.15) is 12.1 Å². The average Bonchev–Trinajstić information content (AvgIpc) is 3.17. The summed E-state index contributed by atoms with van der Waals surface area (Å²) in [6.07, 6.45) is 11.9. The van der Waals surface area contributed by atoms with Crippen molar-refractivity contribution in [2.24, 2.45) is 56.7 Å². The first-order valence-corrected chi connectivity index (χ1v) is 13.7. The van der Waals surface area contributed by atoms with Crippen molar-refractivity contribution in [3.05, 3.63) is 12.2 Å². The number of fused-ring (bicyclic) bond motifs is 7. The normalized spacial score (nSPS) is 52.8. The molecule has 0 aromatic rings. The van der Waals surface area contributed by atoms with Crippen molar-refractivity contribution in [3.63, 3.8) is 0 Å². The smallest absolute Gasteiger partial charge is 0.145 e. The second kappa shape index (κ2) is 7.28. The molecule has 9 atom stereocenters. The minimum atomic E-state index is -0.205. The van der Waals surface area contributed by atoms with Gasteiger partial charge in [-0.15, -0.1) is 0 Å². The van der Waals surface area contributed by atoms with Crippen LogP contribution in [0.25, 0.3) is 0 Å². The van der Waals surface area contributed by atoms with Crippen LogP contribution in [0.5, 0.6) is 0 Å². The number of allylic oxidation sites excluding steroid dienone is 1. The van der Waals surface area contributed by atoms with E-state index >= 15 is 0 Å². The highest BCUT2D eigenvalue weighted by Crippen LogP contribution is 2.77. The summed E-state index contributed by atoms with van der Waals surface area (Å²) in [6, 6.07) is 0. The van der Waals surface area contributed by atoms with E-state index in [4.69, 9.17) is 0 Å². The number of Topliss-reactive ketones (excluding diaryl/α,β-unsaturated/α-hetero) is 1. The van der Waals surface area contributed by atoms with E-state index in [0.29, 0.717) is 29.5 Å². The first-order valence-electron chi connectivity index (χ1n) is 13.7. The van der Waals surface area contributed by atoms with Crippen LogP contribution in [-0.4, -0.2) is 23.8 Å². The number of carbonyl (C=O) groups is 2. The van der Waals surface area contributed by atoms with Crippen LogP contribution in [0, 0.1) is 56.7 Å². The molecule has 33 heavy (non-hydrogen) atoms. The fourth-order valence-electron chi connectivity index (χ4n) is 11.3. The fraction of sp³-hybridized carbons (Fsp3) is 0.867. The van der Waals surface area contributed by atoms with Crippen LogP contribution in [-0.2, 0) is 9.59 Å². The molecule has 5 aliphatic rings. The van der Waals surface area contributed by atoms with Crippen molar-refractivity contribution >= 4 is 12.1 Å². The molecule has 0 spiro atoms. The van der Waals surface area contributed by atoms with E-state index < -0.39 is 0 Å². The molecule has 0 unspecified atom stereocenters. The van der Waals surface area contributed by atoms with Gasteiger partial charge >= 0.3 is 0 Å². The first kappa shape index (κ1) is 23.8. The van der Waals surface area contributed by atoms with Crippen LogP contribution in [0.4, 0.5) is 0 Å². The standard InChI is InChI=1S/C30H46O3/c1-19(17-31)20-9-14-30(18-32)16-15-28(5)21(25(20)30)7-8-23-27(4)12-11-24(33)26(2,3)22(27)10-13-29(23,28)6/h17,20-23,25,32H,1,7-16,18H2,2-6H3/t20-,21+,22-,23-,25+,27-,28-,29+,30-/m0/s1. The molecule has 0 aromatic heterocycles. The van der Waals surface area contributed by atoms with Gasteiger partial charge in [0.2, 0.25) is 0 Å². The number of aldehydes is 1. The monoisotopic (exact) mass is 454 g/mol. The van der Waals surface area contributed by atoms with Crippen LogP contribution >= 0.6 is 0 Å². The highest BCUT2D eigenvalue weighted by atomic mass is 16.3. The molecule has 5 rings (SSSR count). The molecule has 5 fully saturated rings. The zero-order valence-electron chi connectivity index (χ0n) is 21.7. The zero-order chi connectivity index (χ0) is 24.0. The van der Waals surface area contributed by atoms with Crippen molar-refractivity contribution in [2.75, 3.05) is 6.61 Å². The molecule has 0 bridgehead atoms. The fourth-order valence-corrected chi connectivity index (χ4v) is 11.3. The summed E-state index contributed by atoms with van der Waals surface area (Å²) in [5, 5.41) is 10.6. The Morgan fingerprint density at radius 2 is 1.67 bits per heavy atom. The van der Waals surface area contributed by atoms with E-state index in [1.165, 1.54) is 25.7 Å². The van der Waals surface area contributed by atoms with Crippen LogP contribution in [0.3, 0.4) is 0 Å². The number of hydrogen-bond acceptors (Lipinski definition) is 3. The van der Waals surface area contributed by atoms with Crippen molar-refractivity contribution in [3.8, 4) is 0 Å². The number of ketones is 1. The Morgan fingerprint density at radius 1 is 0.939 bits per heavy atom. The summed E-state index contributed by atoms with van der Waals surface area (Å²) in [5.74, 6) is 2.76. The summed E-state index contributed by atoms with van der Waals surface area (Å²) >= 11 is 0. The Labute approximate surface area is 201 Å². The number of aliphatic hydroxyl groups is 1. The zero-order valence-corrected chi connectivity index (χ0v) is 21.7. The molecule has 5 aliphatic carbocycles. The Balaban J connectivity index is 1.56. The molecule has 3 heteroatoms. The number of rotatable bonds is 3. The van der Waals surface area contributed by atoms with Crippen LogP contribution in [0.1, 0.15) is 98.8 Å². The SMILES string of the molecule is C=C(C=O)[C@@H]1CC[C@@]2(CO)CC[C@@]3(C)[C@H](CC[C@H]4[C@@]5(C)CCC(=O)C(C)(C)[C@@H]5CC[C@]43C)[C@@H]12. The van der Waals surface area contributed by atoms with Crippen molar-refractivity contribution < 1.29 is 14.7 Å². The summed E-state index contributed by atoms with van der Waals surface area (Å²) in [4.78, 5) is 24.7. The molecular formula is C30H46O3. The summed E-state index contributed by atoms with van der Waals surface area (Å²) in [6.45, 7) is 16.6. The van der Waals surface area contributed by atoms with Crippen molar-refractivity contribution in [1.82, 2.24) is 0 Å². The van der Waals surface area contributed by atoms with E-state index in [1.54, 1.807) is 0 Å². The molecule has 5 saturated carbocycles. The molecular weight excluding hydrogens is 408 g/mol. The second-order valence-electron chi connectivity index (χ2n) is 14.2. The van der Waals surface area contributed by atoms with Gasteiger partial charge in [0.05, 0.1) is 0 Å². The van der Waals surface area contributed by atoms with E-state index in [1.807, 2.05) is 0 Å². The second-order valence-corrected chi connectivity index (χ2v) is 14.2. The lowest BCUT2D eigenvalue weighted by Crippen LogP contribution is -2.66. The van der Waals surface area contributed by atoms with Gasteiger partial charge < -0.3 is 5.11 Å². The third-order valence-corrected chi connectivity index (χ3v) is 13.3. The predicted molar refractivity (Wildman–Crippen MR) is 131 cm³/mol. The Kier molecular flexibility index (Phi) is 5.24. The molecule has 1 N–H and O–H groups in total. The summed E-state index contributed by atoms with van der Waals surface area (Å²) < 4.78 is 0. The number of aliphatic hydroxyl groups excluding tert-OH is 1. The molecule has 0 saturated heterocycles. The minimum Gasteiger partial charge on any atom is -0.396 e. The van der Waals surface area contributed by atoms with Gasteiger partial charge in [0, 0.05) is 18.4 Å². The quantitative estimate of drug-likeness (QED) is 0.397. The van der Waals surface area contributed by atoms with Crippen molar-refractivity contribution in [2.45, 2.75) is 98.8 Å². The summed E-state index contributed by atoms with van der Waals surface area (Å²) in [5.41, 5.74) is 1.22. The largest absolute Gasteiger partial charge is 0.396 e. The summed E-state index contributed by atoms with van der Waals surface area (Å²) in [7, 11) is 0. The lowest BCUT2D eigenvalue weighted by molar-refractivity contribution is -0.236. The molecule has 0 heterocycles. The Bertz CT molecular complexity index is 874. The highest BCUT2D eigenvalue weighted by Gasteiger charge is 2.70. The lowest BCUT2D eigenvalue weighted by atomic mass is 9.32. The van der Waals surface area contributed by atoms with Crippen LogP contribution in [0.2, 0.25) is 0 Å². The predicted octanol–water partition coefficient (Wildman–Crippen LogP) is 6.38. The van der Waals surface area contributed by atoms with Gasteiger partial charge in [-0.05, 0) is 115 Å². The molecule has 3 nitrogen and oxygen atoms in total. The van der Waals surface area contributed by atoms with E-state index in [0.717, 1.165) is 50.4 Å². The van der Waals surface area contributed by atoms with Gasteiger partial charge in [-0.25, -0.2) is 0 Å². The van der Waals surface area contributed by atoms with Crippen LogP contribution in [0.15, 0.2) is 12.2 Å². The maximum Gasteiger partial charge on any atom is 0.145 e.